The molecule has 1 saturated heterocycles. The standard InChI is InChI=1S/C22H23FN4O3/c1-14(2)29-19-9-8-16(12-24-19)22(28)27-10-4-6-17(13-27)21-25-20(26-30-21)15-5-3-7-18(23)11-15/h3,5,7-9,11-12,14,17H,4,6,10,13H2,1-2H3. The van der Waals surface area contributed by atoms with Crippen molar-refractivity contribution in [3.05, 3.63) is 59.9 Å². The summed E-state index contributed by atoms with van der Waals surface area (Å²) in [5.41, 5.74) is 1.07. The van der Waals surface area contributed by atoms with Crippen molar-refractivity contribution in [2.24, 2.45) is 0 Å². The van der Waals surface area contributed by atoms with Crippen LogP contribution in [-0.2, 0) is 0 Å². The van der Waals surface area contributed by atoms with Crippen molar-refractivity contribution in [3.8, 4) is 17.3 Å². The maximum atomic E-state index is 13.5. The van der Waals surface area contributed by atoms with Crippen LogP contribution in [-0.4, -0.2) is 45.1 Å². The molecule has 1 aliphatic heterocycles. The fourth-order valence-electron chi connectivity index (χ4n) is 3.51. The Morgan fingerprint density at radius 3 is 2.90 bits per heavy atom. The van der Waals surface area contributed by atoms with Crippen LogP contribution in [0.5, 0.6) is 5.88 Å². The van der Waals surface area contributed by atoms with E-state index < -0.39 is 0 Å². The van der Waals surface area contributed by atoms with Gasteiger partial charge >= 0.3 is 0 Å². The molecule has 0 bridgehead atoms. The number of hydrogen-bond donors (Lipinski definition) is 0. The molecule has 1 amide bonds. The van der Waals surface area contributed by atoms with E-state index in [4.69, 9.17) is 9.26 Å². The number of rotatable bonds is 5. The van der Waals surface area contributed by atoms with Crippen molar-refractivity contribution in [1.29, 1.82) is 0 Å². The summed E-state index contributed by atoms with van der Waals surface area (Å²) in [7, 11) is 0. The van der Waals surface area contributed by atoms with Crippen LogP contribution < -0.4 is 4.74 Å². The summed E-state index contributed by atoms with van der Waals surface area (Å²) in [6.07, 6.45) is 3.23. The molecule has 4 rings (SSSR count). The van der Waals surface area contributed by atoms with Crippen LogP contribution in [0.2, 0.25) is 0 Å². The zero-order chi connectivity index (χ0) is 21.1. The van der Waals surface area contributed by atoms with Gasteiger partial charge in [-0.1, -0.05) is 17.3 Å². The van der Waals surface area contributed by atoms with Crippen molar-refractivity contribution in [2.75, 3.05) is 13.1 Å². The van der Waals surface area contributed by atoms with Crippen LogP contribution in [0.25, 0.3) is 11.4 Å². The third-order valence-corrected chi connectivity index (χ3v) is 4.92. The van der Waals surface area contributed by atoms with Gasteiger partial charge < -0.3 is 14.2 Å². The quantitative estimate of drug-likeness (QED) is 0.631. The van der Waals surface area contributed by atoms with Crippen LogP contribution in [0.15, 0.2) is 47.1 Å². The molecule has 0 N–H and O–H groups in total. The normalized spacial score (nSPS) is 16.7. The van der Waals surface area contributed by atoms with E-state index in [2.05, 4.69) is 15.1 Å². The summed E-state index contributed by atoms with van der Waals surface area (Å²) >= 11 is 0. The average Bonchev–Trinajstić information content (AvgIpc) is 3.24. The Bertz CT molecular complexity index is 1020. The predicted molar refractivity (Wildman–Crippen MR) is 108 cm³/mol. The SMILES string of the molecule is CC(C)Oc1ccc(C(=O)N2CCCC(c3nc(-c4cccc(F)c4)no3)C2)cn1. The molecule has 0 saturated carbocycles. The lowest BCUT2D eigenvalue weighted by Gasteiger charge is -2.31. The van der Waals surface area contributed by atoms with Crippen LogP contribution in [0.4, 0.5) is 4.39 Å². The van der Waals surface area contributed by atoms with Crippen LogP contribution >= 0.6 is 0 Å². The fraction of sp³-hybridized carbons (Fsp3) is 0.364. The van der Waals surface area contributed by atoms with Gasteiger partial charge in [-0.05, 0) is 44.9 Å². The van der Waals surface area contributed by atoms with E-state index in [0.29, 0.717) is 41.8 Å². The molecule has 3 heterocycles. The minimum absolute atomic E-state index is 0.0218. The van der Waals surface area contributed by atoms with Gasteiger partial charge in [-0.25, -0.2) is 9.37 Å². The van der Waals surface area contributed by atoms with Crippen molar-refractivity contribution in [2.45, 2.75) is 38.7 Å². The molecular formula is C22H23FN4O3. The van der Waals surface area contributed by atoms with Gasteiger partial charge in [0, 0.05) is 30.9 Å². The van der Waals surface area contributed by atoms with Crippen LogP contribution in [0.3, 0.4) is 0 Å². The van der Waals surface area contributed by atoms with Gasteiger partial charge in [-0.15, -0.1) is 0 Å². The highest BCUT2D eigenvalue weighted by Gasteiger charge is 2.29. The number of carbonyl (C=O) groups is 1. The van der Waals surface area contributed by atoms with Crippen molar-refractivity contribution in [1.82, 2.24) is 20.0 Å². The molecule has 1 unspecified atom stereocenters. The molecule has 0 radical (unpaired) electrons. The third kappa shape index (κ3) is 4.48. The second kappa shape index (κ2) is 8.61. The molecule has 0 spiro atoms. The highest BCUT2D eigenvalue weighted by molar-refractivity contribution is 5.94. The van der Waals surface area contributed by atoms with Crippen LogP contribution in [0, 0.1) is 5.82 Å². The first-order valence-corrected chi connectivity index (χ1v) is 10.0. The second-order valence-electron chi connectivity index (χ2n) is 7.61. The second-order valence-corrected chi connectivity index (χ2v) is 7.61. The Labute approximate surface area is 173 Å². The molecule has 1 aromatic carbocycles. The Morgan fingerprint density at radius 1 is 1.30 bits per heavy atom. The highest BCUT2D eigenvalue weighted by atomic mass is 19.1. The maximum absolute atomic E-state index is 13.5. The number of likely N-dealkylation sites (tertiary alicyclic amines) is 1. The Morgan fingerprint density at radius 2 is 2.17 bits per heavy atom. The Kier molecular flexibility index (Phi) is 5.74. The van der Waals surface area contributed by atoms with E-state index in [1.807, 2.05) is 13.8 Å². The molecule has 3 aromatic rings. The molecule has 7 nitrogen and oxygen atoms in total. The van der Waals surface area contributed by atoms with Crippen molar-refractivity contribution < 1.29 is 18.4 Å². The number of halogens is 1. The van der Waals surface area contributed by atoms with Gasteiger partial charge in [-0.3, -0.25) is 4.79 Å². The number of carbonyl (C=O) groups excluding carboxylic acids is 1. The van der Waals surface area contributed by atoms with E-state index in [-0.39, 0.29) is 23.7 Å². The van der Waals surface area contributed by atoms with Gasteiger partial charge in [0.2, 0.25) is 17.6 Å². The van der Waals surface area contributed by atoms with E-state index in [1.54, 1.807) is 35.4 Å². The summed E-state index contributed by atoms with van der Waals surface area (Å²) < 4.78 is 24.4. The first-order valence-electron chi connectivity index (χ1n) is 10.0. The number of piperidine rings is 1. The molecule has 2 aromatic heterocycles. The monoisotopic (exact) mass is 410 g/mol. The number of nitrogens with zero attached hydrogens (tertiary/aromatic N) is 4. The molecule has 30 heavy (non-hydrogen) atoms. The molecule has 8 heteroatoms. The summed E-state index contributed by atoms with van der Waals surface area (Å²) in [6.45, 7) is 4.98. The lowest BCUT2D eigenvalue weighted by atomic mass is 9.97. The number of aromatic nitrogens is 3. The number of hydrogen-bond acceptors (Lipinski definition) is 6. The third-order valence-electron chi connectivity index (χ3n) is 4.92. The van der Waals surface area contributed by atoms with Gasteiger partial charge in [0.1, 0.15) is 5.82 Å². The minimum Gasteiger partial charge on any atom is -0.475 e. The summed E-state index contributed by atoms with van der Waals surface area (Å²) in [6, 6.07) is 9.50. The number of amides is 1. The maximum Gasteiger partial charge on any atom is 0.255 e. The molecule has 0 aliphatic carbocycles. The van der Waals surface area contributed by atoms with Gasteiger partial charge in [0.05, 0.1) is 17.6 Å². The van der Waals surface area contributed by atoms with Crippen LogP contribution in [0.1, 0.15) is 48.9 Å². The summed E-state index contributed by atoms with van der Waals surface area (Å²) in [5.74, 6) is 0.797. The zero-order valence-corrected chi connectivity index (χ0v) is 16.9. The Hall–Kier alpha value is -3.29. The molecule has 1 aliphatic rings. The summed E-state index contributed by atoms with van der Waals surface area (Å²) in [5, 5.41) is 3.98. The van der Waals surface area contributed by atoms with E-state index in [9.17, 15) is 9.18 Å². The first kappa shape index (κ1) is 20.0. The first-order chi connectivity index (χ1) is 14.5. The minimum atomic E-state index is -0.355. The molecule has 156 valence electrons. The summed E-state index contributed by atoms with van der Waals surface area (Å²) in [4.78, 5) is 23.3. The Balaban J connectivity index is 1.45. The highest BCUT2D eigenvalue weighted by Crippen LogP contribution is 2.28. The van der Waals surface area contributed by atoms with E-state index in [1.165, 1.54) is 12.1 Å². The van der Waals surface area contributed by atoms with E-state index >= 15 is 0 Å². The van der Waals surface area contributed by atoms with Crippen molar-refractivity contribution in [3.63, 3.8) is 0 Å². The average molecular weight is 410 g/mol. The van der Waals surface area contributed by atoms with Crippen molar-refractivity contribution >= 4 is 5.91 Å². The smallest absolute Gasteiger partial charge is 0.255 e. The predicted octanol–water partition coefficient (Wildman–Crippen LogP) is 4.08. The zero-order valence-electron chi connectivity index (χ0n) is 16.9. The lowest BCUT2D eigenvalue weighted by molar-refractivity contribution is 0.0695. The van der Waals surface area contributed by atoms with Gasteiger partial charge in [0.25, 0.3) is 5.91 Å². The molecule has 1 fully saturated rings. The number of benzene rings is 1. The molecule has 1 atom stereocenters. The number of ether oxygens (including phenoxy) is 1. The fourth-order valence-corrected chi connectivity index (χ4v) is 3.51. The van der Waals surface area contributed by atoms with E-state index in [0.717, 1.165) is 12.8 Å². The van der Waals surface area contributed by atoms with Gasteiger partial charge in [-0.2, -0.15) is 4.98 Å². The molecular weight excluding hydrogens is 387 g/mol. The number of pyridine rings is 1. The topological polar surface area (TPSA) is 81.4 Å². The van der Waals surface area contributed by atoms with Gasteiger partial charge in [0.15, 0.2) is 0 Å². The largest absolute Gasteiger partial charge is 0.475 e. The lowest BCUT2D eigenvalue weighted by Crippen LogP contribution is -2.39.